The van der Waals surface area contributed by atoms with Crippen LogP contribution in [0, 0.1) is 6.92 Å². The molecule has 1 aliphatic carbocycles. The highest BCUT2D eigenvalue weighted by Crippen LogP contribution is 2.43. The maximum atomic E-state index is 14.0. The van der Waals surface area contributed by atoms with Gasteiger partial charge in [-0.2, -0.15) is 0 Å². The van der Waals surface area contributed by atoms with E-state index in [2.05, 4.69) is 21.7 Å². The number of pyridine rings is 1. The third-order valence-corrected chi connectivity index (χ3v) is 8.99. The van der Waals surface area contributed by atoms with E-state index in [-0.39, 0.29) is 29.2 Å². The van der Waals surface area contributed by atoms with Crippen LogP contribution in [0.25, 0.3) is 21.6 Å². The molecule has 4 N–H and O–H groups in total. The van der Waals surface area contributed by atoms with Crippen LogP contribution in [0.5, 0.6) is 5.75 Å². The number of benzene rings is 2. The number of hydrogen-bond donors (Lipinski definition) is 3. The van der Waals surface area contributed by atoms with Gasteiger partial charge < -0.3 is 25.8 Å². The van der Waals surface area contributed by atoms with Crippen LogP contribution in [-0.2, 0) is 17.7 Å². The molecule has 1 fully saturated rings. The number of fused-ring (bicyclic) bond motifs is 3. The molecule has 2 amide bonds. The number of nitrogens with two attached hydrogens (primary N) is 1. The number of carbonyl (C=O) groups excluding carboxylic acids is 3. The monoisotopic (exact) mass is 596 g/mol. The summed E-state index contributed by atoms with van der Waals surface area (Å²) in [5.41, 5.74) is 11.4. The van der Waals surface area contributed by atoms with E-state index < -0.39 is 5.97 Å². The molecule has 2 aromatic carbocycles. The minimum absolute atomic E-state index is 0.0633. The molecular formula is C33H32N4O5S. The van der Waals surface area contributed by atoms with Crippen molar-refractivity contribution in [2.45, 2.75) is 45.2 Å². The van der Waals surface area contributed by atoms with Gasteiger partial charge in [-0.05, 0) is 84.7 Å². The van der Waals surface area contributed by atoms with E-state index in [0.29, 0.717) is 41.3 Å². The van der Waals surface area contributed by atoms with Crippen molar-refractivity contribution in [1.29, 1.82) is 0 Å². The number of thiophene rings is 1. The summed E-state index contributed by atoms with van der Waals surface area (Å²) in [4.78, 5) is 45.5. The molecule has 43 heavy (non-hydrogen) atoms. The lowest BCUT2D eigenvalue weighted by Gasteiger charge is -2.26. The van der Waals surface area contributed by atoms with Crippen molar-refractivity contribution in [3.05, 3.63) is 87.6 Å². The van der Waals surface area contributed by atoms with Crippen LogP contribution in [0.1, 0.15) is 67.3 Å². The summed E-state index contributed by atoms with van der Waals surface area (Å²) < 4.78 is 11.2. The van der Waals surface area contributed by atoms with Crippen molar-refractivity contribution < 1.29 is 23.9 Å². The largest absolute Gasteiger partial charge is 0.493 e. The Bertz CT molecular complexity index is 1740. The van der Waals surface area contributed by atoms with Gasteiger partial charge in [0.15, 0.2) is 5.69 Å². The molecule has 0 unspecified atom stereocenters. The Labute approximate surface area is 253 Å². The average molecular weight is 597 g/mol. The standard InChI is InChI=1S/C33H32N4O5S/c1-18-14-19(17-34)6-8-26(18)37-31(38)24-15-25-28(42-12-10-20-11-13-43-30(20)25)16-23(24)22-7-9-27(36-29(22)33(40)41-2)32(39)35-21-4-3-5-21/h6-9,11,13-16,21H,3-5,10,12,17,34H2,1-2H3,(H,35,39)(H,37,38). The fourth-order valence-electron chi connectivity index (χ4n) is 5.38. The highest BCUT2D eigenvalue weighted by molar-refractivity contribution is 7.13. The summed E-state index contributed by atoms with van der Waals surface area (Å²) in [6.07, 6.45) is 3.64. The van der Waals surface area contributed by atoms with Gasteiger partial charge in [0.05, 0.1) is 13.7 Å². The first-order valence-electron chi connectivity index (χ1n) is 14.3. The minimum Gasteiger partial charge on any atom is -0.493 e. The number of nitrogens with zero attached hydrogens (tertiary/aromatic N) is 1. The van der Waals surface area contributed by atoms with Crippen molar-refractivity contribution in [3.63, 3.8) is 0 Å². The number of hydrogen-bond acceptors (Lipinski definition) is 8. The summed E-state index contributed by atoms with van der Waals surface area (Å²) in [6.45, 7) is 2.77. The fourth-order valence-corrected chi connectivity index (χ4v) is 6.35. The van der Waals surface area contributed by atoms with Gasteiger partial charge in [-0.15, -0.1) is 11.3 Å². The van der Waals surface area contributed by atoms with Crippen molar-refractivity contribution >= 4 is 34.8 Å². The topological polar surface area (TPSA) is 133 Å². The molecule has 2 aromatic heterocycles. The molecular weight excluding hydrogens is 564 g/mol. The van der Waals surface area contributed by atoms with E-state index >= 15 is 0 Å². The van der Waals surface area contributed by atoms with Crippen LogP contribution in [-0.4, -0.2) is 42.5 Å². The van der Waals surface area contributed by atoms with E-state index in [1.165, 1.54) is 7.11 Å². The molecule has 9 nitrogen and oxygen atoms in total. The van der Waals surface area contributed by atoms with Crippen LogP contribution < -0.4 is 21.1 Å². The predicted molar refractivity (Wildman–Crippen MR) is 166 cm³/mol. The maximum absolute atomic E-state index is 14.0. The Morgan fingerprint density at radius 1 is 1.05 bits per heavy atom. The lowest BCUT2D eigenvalue weighted by Crippen LogP contribution is -2.39. The van der Waals surface area contributed by atoms with Crippen molar-refractivity contribution in [1.82, 2.24) is 10.3 Å². The van der Waals surface area contributed by atoms with Gasteiger partial charge in [-0.3, -0.25) is 9.59 Å². The molecule has 3 heterocycles. The molecule has 220 valence electrons. The summed E-state index contributed by atoms with van der Waals surface area (Å²) in [5, 5.41) is 8.02. The van der Waals surface area contributed by atoms with Gasteiger partial charge >= 0.3 is 5.97 Å². The second-order valence-electron chi connectivity index (χ2n) is 10.8. The zero-order valence-corrected chi connectivity index (χ0v) is 24.8. The van der Waals surface area contributed by atoms with Gasteiger partial charge in [0.1, 0.15) is 11.4 Å². The van der Waals surface area contributed by atoms with Gasteiger partial charge in [0.25, 0.3) is 11.8 Å². The van der Waals surface area contributed by atoms with Crippen molar-refractivity contribution in [2.75, 3.05) is 19.0 Å². The second kappa shape index (κ2) is 12.0. The van der Waals surface area contributed by atoms with Gasteiger partial charge in [-0.1, -0.05) is 12.1 Å². The zero-order chi connectivity index (χ0) is 30.1. The number of amides is 2. The number of ether oxygens (including phenoxy) is 2. The van der Waals surface area contributed by atoms with Gasteiger partial charge in [0.2, 0.25) is 0 Å². The number of rotatable bonds is 7. The molecule has 6 rings (SSSR count). The van der Waals surface area contributed by atoms with E-state index in [4.69, 9.17) is 15.2 Å². The number of methoxy groups -OCH3 is 1. The lowest BCUT2D eigenvalue weighted by molar-refractivity contribution is 0.0594. The third-order valence-electron chi connectivity index (χ3n) is 8.00. The summed E-state index contributed by atoms with van der Waals surface area (Å²) in [7, 11) is 1.26. The smallest absolute Gasteiger partial charge is 0.357 e. The average Bonchev–Trinajstić information content (AvgIpc) is 3.40. The Morgan fingerprint density at radius 3 is 2.60 bits per heavy atom. The SMILES string of the molecule is COC(=O)c1nc(C(=O)NC2CCC2)ccc1-c1cc2c(cc1C(=O)Nc1ccc(CN)cc1C)-c1sccc1CCO2. The highest BCUT2D eigenvalue weighted by Gasteiger charge is 2.28. The molecule has 4 aromatic rings. The quantitative estimate of drug-likeness (QED) is 0.240. The second-order valence-corrected chi connectivity index (χ2v) is 11.7. The van der Waals surface area contributed by atoms with E-state index in [1.54, 1.807) is 29.5 Å². The number of nitrogens with one attached hydrogen (secondary N) is 2. The molecule has 10 heteroatoms. The molecule has 0 radical (unpaired) electrons. The number of aryl methyl sites for hydroxylation is 1. The number of carbonyl (C=O) groups is 3. The zero-order valence-electron chi connectivity index (χ0n) is 24.0. The molecule has 2 aliphatic rings. The molecule has 1 saturated carbocycles. The molecule has 0 spiro atoms. The molecule has 1 aliphatic heterocycles. The van der Waals surface area contributed by atoms with E-state index in [1.807, 2.05) is 36.6 Å². The van der Waals surface area contributed by atoms with Crippen molar-refractivity contribution in [3.8, 4) is 27.3 Å². The van der Waals surface area contributed by atoms with Crippen LogP contribution >= 0.6 is 11.3 Å². The van der Waals surface area contributed by atoms with Crippen LogP contribution in [0.4, 0.5) is 5.69 Å². The highest BCUT2D eigenvalue weighted by atomic mass is 32.1. The number of aromatic nitrogens is 1. The normalized spacial score (nSPS) is 13.9. The van der Waals surface area contributed by atoms with Crippen LogP contribution in [0.2, 0.25) is 0 Å². The van der Waals surface area contributed by atoms with Gasteiger partial charge in [0, 0.05) is 51.8 Å². The number of anilines is 1. The Balaban J connectivity index is 1.48. The van der Waals surface area contributed by atoms with Gasteiger partial charge in [-0.25, -0.2) is 9.78 Å². The first kappa shape index (κ1) is 28.6. The summed E-state index contributed by atoms with van der Waals surface area (Å²) in [5.74, 6) is -0.847. The Morgan fingerprint density at radius 2 is 1.88 bits per heavy atom. The first-order chi connectivity index (χ1) is 20.9. The lowest BCUT2D eigenvalue weighted by atomic mass is 9.92. The Hall–Kier alpha value is -4.54. The molecule has 0 bridgehead atoms. The predicted octanol–water partition coefficient (Wildman–Crippen LogP) is 5.50. The van der Waals surface area contributed by atoms with E-state index in [0.717, 1.165) is 52.8 Å². The summed E-state index contributed by atoms with van der Waals surface area (Å²) in [6, 6.07) is 14.6. The first-order valence-corrected chi connectivity index (χ1v) is 15.1. The van der Waals surface area contributed by atoms with Crippen LogP contribution in [0.3, 0.4) is 0 Å². The third kappa shape index (κ3) is 5.63. The minimum atomic E-state index is -0.718. The summed E-state index contributed by atoms with van der Waals surface area (Å²) >= 11 is 1.59. The Kier molecular flexibility index (Phi) is 7.96. The maximum Gasteiger partial charge on any atom is 0.357 e. The molecule has 0 atom stereocenters. The number of esters is 1. The van der Waals surface area contributed by atoms with Crippen LogP contribution in [0.15, 0.2) is 53.9 Å². The molecule has 0 saturated heterocycles. The van der Waals surface area contributed by atoms with Crippen molar-refractivity contribution in [2.24, 2.45) is 5.73 Å². The van der Waals surface area contributed by atoms with E-state index in [9.17, 15) is 14.4 Å². The fraction of sp³-hybridized carbons (Fsp3) is 0.273.